The molecule has 4 aromatic rings. The molecule has 1 aliphatic rings. The number of anilines is 1. The van der Waals surface area contributed by atoms with Crippen LogP contribution in [0.25, 0.3) is 0 Å². The Hall–Kier alpha value is -4.23. The summed E-state index contributed by atoms with van der Waals surface area (Å²) in [5.74, 6) is 0.502. The van der Waals surface area contributed by atoms with Crippen LogP contribution in [0.4, 0.5) is 15.3 Å². The summed E-state index contributed by atoms with van der Waals surface area (Å²) in [6.45, 7) is 12.8. The molecular formula is C41H49N3O3S. The number of alkyl carbamates (subject to hydrolysis) is 1. The van der Waals surface area contributed by atoms with Crippen molar-refractivity contribution in [2.45, 2.75) is 76.8 Å². The molecular weight excluding hydrogens is 615 g/mol. The number of nitrogens with zero attached hydrogens (tertiary/aromatic N) is 2. The number of thioether (sulfide) groups is 1. The van der Waals surface area contributed by atoms with E-state index in [1.54, 1.807) is 11.8 Å². The fraction of sp³-hybridized carbons (Fsp3) is 0.366. The van der Waals surface area contributed by atoms with Gasteiger partial charge in [-0.25, -0.2) is 9.59 Å². The van der Waals surface area contributed by atoms with E-state index in [2.05, 4.69) is 105 Å². The molecule has 1 fully saturated rings. The first kappa shape index (κ1) is 35.1. The van der Waals surface area contributed by atoms with E-state index in [0.29, 0.717) is 5.75 Å². The predicted octanol–water partition coefficient (Wildman–Crippen LogP) is 9.33. The molecule has 0 unspecified atom stereocenters. The van der Waals surface area contributed by atoms with Gasteiger partial charge in [-0.3, -0.25) is 4.90 Å². The normalized spacial score (nSPS) is 15.5. The number of carbonyl (C=O) groups is 2. The molecule has 0 aliphatic carbocycles. The zero-order valence-electron chi connectivity index (χ0n) is 29.1. The van der Waals surface area contributed by atoms with Crippen molar-refractivity contribution >= 4 is 29.6 Å². The molecule has 1 heterocycles. The highest BCUT2D eigenvalue weighted by Gasteiger charge is 2.39. The van der Waals surface area contributed by atoms with Crippen LogP contribution in [-0.4, -0.2) is 53.6 Å². The molecule has 6 nitrogen and oxygen atoms in total. The number of ether oxygens (including phenoxy) is 1. The zero-order chi connectivity index (χ0) is 34.3. The molecule has 0 spiro atoms. The van der Waals surface area contributed by atoms with Crippen LogP contribution in [0.2, 0.25) is 0 Å². The molecule has 1 aliphatic heterocycles. The molecule has 3 amide bonds. The first-order chi connectivity index (χ1) is 23.0. The second-order valence-electron chi connectivity index (χ2n) is 13.7. The zero-order valence-corrected chi connectivity index (χ0v) is 29.9. The third-order valence-corrected chi connectivity index (χ3v) is 10.8. The van der Waals surface area contributed by atoms with E-state index in [4.69, 9.17) is 4.74 Å². The minimum absolute atomic E-state index is 0.0323. The molecule has 0 saturated carbocycles. The molecule has 0 radical (unpaired) electrons. The van der Waals surface area contributed by atoms with Crippen molar-refractivity contribution in [1.82, 2.24) is 10.2 Å². The second-order valence-corrected chi connectivity index (χ2v) is 15.0. The maximum absolute atomic E-state index is 14.4. The number of likely N-dealkylation sites (tertiary alicyclic amines) is 1. The lowest BCUT2D eigenvalue weighted by atomic mass is 9.84. The Labute approximate surface area is 290 Å². The quantitative estimate of drug-likeness (QED) is 0.172. The minimum Gasteiger partial charge on any atom is -0.444 e. The van der Waals surface area contributed by atoms with Crippen molar-refractivity contribution < 1.29 is 14.3 Å². The first-order valence-corrected chi connectivity index (χ1v) is 17.9. The van der Waals surface area contributed by atoms with Gasteiger partial charge in [0, 0.05) is 30.6 Å². The van der Waals surface area contributed by atoms with Crippen molar-refractivity contribution in [3.8, 4) is 0 Å². The summed E-state index contributed by atoms with van der Waals surface area (Å²) in [5.41, 5.74) is 5.76. The number of nitrogens with one attached hydrogen (secondary N) is 1. The van der Waals surface area contributed by atoms with Crippen molar-refractivity contribution in [3.63, 3.8) is 0 Å². The minimum atomic E-state index is -0.669. The van der Waals surface area contributed by atoms with Crippen molar-refractivity contribution in [1.29, 1.82) is 0 Å². The van der Waals surface area contributed by atoms with Crippen LogP contribution >= 0.6 is 11.8 Å². The van der Waals surface area contributed by atoms with Gasteiger partial charge in [0.2, 0.25) is 0 Å². The van der Waals surface area contributed by atoms with Gasteiger partial charge in [-0.05, 0) is 88.3 Å². The predicted molar refractivity (Wildman–Crippen MR) is 199 cm³/mol. The summed E-state index contributed by atoms with van der Waals surface area (Å²) in [6.07, 6.45) is 1.47. The summed E-state index contributed by atoms with van der Waals surface area (Å²) in [7, 11) is 0. The monoisotopic (exact) mass is 663 g/mol. The lowest BCUT2D eigenvalue weighted by Gasteiger charge is -2.38. The Kier molecular flexibility index (Phi) is 11.2. The molecule has 7 heteroatoms. The molecule has 4 aromatic carbocycles. The number of rotatable bonds is 10. The average Bonchev–Trinajstić information content (AvgIpc) is 3.51. The smallest absolute Gasteiger partial charge is 0.407 e. The van der Waals surface area contributed by atoms with Crippen LogP contribution in [0.1, 0.15) is 68.4 Å². The average molecular weight is 664 g/mol. The molecule has 252 valence electrons. The number of benzene rings is 4. The number of hydrogen-bond donors (Lipinski definition) is 1. The number of urea groups is 1. The van der Waals surface area contributed by atoms with Crippen molar-refractivity contribution in [2.24, 2.45) is 0 Å². The summed E-state index contributed by atoms with van der Waals surface area (Å²) in [6, 6.07) is 37.3. The number of hydrogen-bond acceptors (Lipinski definition) is 4. The number of amides is 3. The Balaban J connectivity index is 1.59. The third-order valence-electron chi connectivity index (χ3n) is 9.06. The van der Waals surface area contributed by atoms with Gasteiger partial charge in [-0.2, -0.15) is 0 Å². The van der Waals surface area contributed by atoms with Crippen LogP contribution in [0, 0.1) is 13.8 Å². The number of carbonyl (C=O) groups excluding carboxylic acids is 2. The molecule has 48 heavy (non-hydrogen) atoms. The molecule has 0 aromatic heterocycles. The van der Waals surface area contributed by atoms with Gasteiger partial charge in [-0.1, -0.05) is 103 Å². The van der Waals surface area contributed by atoms with E-state index in [9.17, 15) is 9.59 Å². The number of aryl methyl sites for hydroxylation is 1. The van der Waals surface area contributed by atoms with E-state index in [1.165, 1.54) is 0 Å². The van der Waals surface area contributed by atoms with E-state index in [0.717, 1.165) is 52.9 Å². The highest BCUT2D eigenvalue weighted by Crippen LogP contribution is 2.48. The van der Waals surface area contributed by atoms with E-state index in [-0.39, 0.29) is 18.6 Å². The highest BCUT2D eigenvalue weighted by atomic mass is 32.2. The molecule has 1 saturated heterocycles. The Morgan fingerprint density at radius 1 is 0.854 bits per heavy atom. The first-order valence-electron chi connectivity index (χ1n) is 16.9. The van der Waals surface area contributed by atoms with Gasteiger partial charge in [0.15, 0.2) is 0 Å². The Morgan fingerprint density at radius 2 is 1.40 bits per heavy atom. The van der Waals surface area contributed by atoms with Crippen LogP contribution < -0.4 is 10.2 Å². The topological polar surface area (TPSA) is 61.9 Å². The Morgan fingerprint density at radius 3 is 1.88 bits per heavy atom. The second kappa shape index (κ2) is 15.3. The fourth-order valence-corrected chi connectivity index (χ4v) is 8.06. The maximum Gasteiger partial charge on any atom is 0.407 e. The Bertz CT molecular complexity index is 1560. The van der Waals surface area contributed by atoms with Crippen molar-refractivity contribution in [3.05, 3.63) is 137 Å². The van der Waals surface area contributed by atoms with Gasteiger partial charge >= 0.3 is 12.1 Å². The van der Waals surface area contributed by atoms with E-state index >= 15 is 0 Å². The van der Waals surface area contributed by atoms with Gasteiger partial charge in [0.1, 0.15) is 5.60 Å². The molecule has 0 bridgehead atoms. The summed E-state index contributed by atoms with van der Waals surface area (Å²) >= 11 is 1.76. The van der Waals surface area contributed by atoms with Crippen molar-refractivity contribution in [2.75, 3.05) is 23.7 Å². The van der Waals surface area contributed by atoms with Crippen LogP contribution in [-0.2, 0) is 9.48 Å². The van der Waals surface area contributed by atoms with Gasteiger partial charge in [0.05, 0.1) is 10.8 Å². The van der Waals surface area contributed by atoms with E-state index < -0.39 is 22.5 Å². The van der Waals surface area contributed by atoms with E-state index in [1.807, 2.05) is 60.9 Å². The summed E-state index contributed by atoms with van der Waals surface area (Å²) in [4.78, 5) is 31.8. The fourth-order valence-electron chi connectivity index (χ4n) is 6.51. The molecule has 2 atom stereocenters. The van der Waals surface area contributed by atoms with Gasteiger partial charge in [0.25, 0.3) is 0 Å². The third kappa shape index (κ3) is 8.07. The maximum atomic E-state index is 14.4. The van der Waals surface area contributed by atoms with Gasteiger partial charge < -0.3 is 15.0 Å². The lowest BCUT2D eigenvalue weighted by Crippen LogP contribution is -2.53. The lowest BCUT2D eigenvalue weighted by molar-refractivity contribution is 0.0510. The summed E-state index contributed by atoms with van der Waals surface area (Å²) < 4.78 is 5.20. The SMILES string of the molecule is Cc1cccc(N(C[C@H](CSC(c2ccccc2)(c2ccccc2)c2ccccc2)NC(=O)OC(C)(C)C)C(=O)N2CCC[C@H]2C)c1C. The van der Waals surface area contributed by atoms with Crippen LogP contribution in [0.5, 0.6) is 0 Å². The van der Waals surface area contributed by atoms with Crippen LogP contribution in [0.3, 0.4) is 0 Å². The summed E-state index contributed by atoms with van der Waals surface area (Å²) in [5, 5.41) is 3.20. The van der Waals surface area contributed by atoms with Gasteiger partial charge in [-0.15, -0.1) is 11.8 Å². The van der Waals surface area contributed by atoms with Crippen LogP contribution in [0.15, 0.2) is 109 Å². The molecule has 5 rings (SSSR count). The molecule has 1 N–H and O–H groups in total. The highest BCUT2D eigenvalue weighted by molar-refractivity contribution is 8.00. The largest absolute Gasteiger partial charge is 0.444 e. The standard InChI is InChI=1S/C41H49N3O3S/c1-30-18-16-26-37(32(30)3)44(39(46)43-27-17-19-31(43)2)28-36(42-38(45)47-40(4,5)6)29-48-41(33-20-10-7-11-21-33,34-22-12-8-13-23-34)35-24-14-9-15-25-35/h7-16,18,20-26,31,36H,17,19,27-29H2,1-6H3,(H,42,45)/t31-,36-/m1/s1.